The third-order valence-electron chi connectivity index (χ3n) is 20.3. The zero-order valence-electron chi connectivity index (χ0n) is 56.2. The summed E-state index contributed by atoms with van der Waals surface area (Å²) < 4.78 is 4.89. The van der Waals surface area contributed by atoms with Crippen LogP contribution in [0.3, 0.4) is 0 Å². The van der Waals surface area contributed by atoms with Crippen LogP contribution in [0, 0.1) is 0 Å². The summed E-state index contributed by atoms with van der Waals surface area (Å²) in [6.07, 6.45) is 0. The number of fused-ring (bicyclic) bond motifs is 10. The highest BCUT2D eigenvalue weighted by Crippen LogP contribution is 2.47. The molecule has 0 bridgehead atoms. The van der Waals surface area contributed by atoms with E-state index < -0.39 is 0 Å². The van der Waals surface area contributed by atoms with Crippen molar-refractivity contribution in [1.29, 1.82) is 0 Å². The van der Waals surface area contributed by atoms with Gasteiger partial charge in [0.15, 0.2) is 0 Å². The fraction of sp³-hybridized carbons (Fsp3) is 0.128. The Morgan fingerprint density at radius 1 is 0.198 bits per heavy atom. The van der Waals surface area contributed by atoms with E-state index in [-0.39, 0.29) is 10.8 Å². The van der Waals surface area contributed by atoms with Gasteiger partial charge in [0.25, 0.3) is 0 Å². The lowest BCUT2D eigenvalue weighted by Gasteiger charge is -2.19. The van der Waals surface area contributed by atoms with Crippen LogP contribution in [0.4, 0.5) is 0 Å². The van der Waals surface area contributed by atoms with Crippen LogP contribution in [0.2, 0.25) is 0 Å². The molecule has 0 aliphatic carbocycles. The summed E-state index contributed by atoms with van der Waals surface area (Å²) in [5.74, 6) is 0. The minimum absolute atomic E-state index is 0.0990. The molecular weight excluding hydrogens is 1160 g/mol. The second-order valence-electron chi connectivity index (χ2n) is 28.1. The first-order valence-corrected chi connectivity index (χ1v) is 34.2. The maximum Gasteiger partial charge on any atom is 0.0491 e. The number of aryl methyl sites for hydroxylation is 2. The zero-order valence-corrected chi connectivity index (χ0v) is 56.2. The molecule has 0 radical (unpaired) electrons. The first-order chi connectivity index (χ1) is 46.8. The number of hydrogen-bond acceptors (Lipinski definition) is 0. The first-order valence-electron chi connectivity index (χ1n) is 34.2. The van der Waals surface area contributed by atoms with Gasteiger partial charge in [0.2, 0.25) is 0 Å². The number of rotatable bonds is 9. The standard InChI is InChI=1S/C50H41N.C44H37N/c1-5-51-46-29-27-38(31-44(46)45-32-39(50(2,3)4)28-30-47(45)51)35-21-25-37(26-22-35)49-42-17-11-9-15-40(42)48(41-16-10-12-18-43(41)49)36-23-19-34(20-24-36)33-13-7-6-8-14-33;1-5-45-40-25-23-32(27-38(40)39-28-33(44(2,3)4)24-26-41(39)45)29-19-21-31(22-20-29)43-36-17-11-9-15-34(36)42(30-13-7-6-8-14-30)35-16-10-12-18-37(35)43/h6-32H,5H2,1-4H3;6-28H,5H2,1-4H3. The number of hydrogen-bond donors (Lipinski definition) is 0. The maximum absolute atomic E-state index is 2.45. The van der Waals surface area contributed by atoms with E-state index in [1.165, 1.54) is 176 Å². The van der Waals surface area contributed by atoms with Crippen molar-refractivity contribution in [2.45, 2.75) is 79.3 Å². The highest BCUT2D eigenvalue weighted by atomic mass is 15.0. The van der Waals surface area contributed by atoms with Crippen LogP contribution in [0.1, 0.15) is 66.5 Å². The first kappa shape index (κ1) is 59.9. The molecule has 2 heteroatoms. The SMILES string of the molecule is CCn1c2ccc(-c3ccc(-c4c5ccccc5c(-c5ccc(-c6ccccc6)cc5)c5ccccc45)cc3)cc2c2cc(C(C)(C)C)ccc21.CCn1c2ccc(-c3ccc(-c4c5ccccc5c(-c5ccccc5)c5ccccc45)cc3)cc2c2cc(C(C)(C)C)ccc21. The molecule has 0 atom stereocenters. The Bertz CT molecular complexity index is 5700. The molecular formula is C94H78N2. The van der Waals surface area contributed by atoms with Crippen molar-refractivity contribution in [2.24, 2.45) is 0 Å². The van der Waals surface area contributed by atoms with Crippen molar-refractivity contribution in [3.63, 3.8) is 0 Å². The van der Waals surface area contributed by atoms with Crippen molar-refractivity contribution in [1.82, 2.24) is 9.13 Å². The van der Waals surface area contributed by atoms with Gasteiger partial charge in [-0.3, -0.25) is 0 Å². The van der Waals surface area contributed by atoms with Gasteiger partial charge in [-0.15, -0.1) is 0 Å². The Kier molecular flexibility index (Phi) is 15.0. The summed E-state index contributed by atoms with van der Waals surface area (Å²) in [7, 11) is 0. The lowest BCUT2D eigenvalue weighted by Crippen LogP contribution is -2.10. The summed E-state index contributed by atoms with van der Waals surface area (Å²) in [5, 5.41) is 15.6. The van der Waals surface area contributed by atoms with Crippen molar-refractivity contribution >= 4 is 86.7 Å². The van der Waals surface area contributed by atoms with E-state index in [2.05, 4.69) is 368 Å². The summed E-state index contributed by atoms with van der Waals surface area (Å²) >= 11 is 0. The van der Waals surface area contributed by atoms with Crippen LogP contribution >= 0.6 is 0 Å². The lowest BCUT2D eigenvalue weighted by atomic mass is 9.85. The van der Waals surface area contributed by atoms with Gasteiger partial charge in [0.05, 0.1) is 0 Å². The highest BCUT2D eigenvalue weighted by molar-refractivity contribution is 6.23. The van der Waals surface area contributed by atoms with E-state index in [9.17, 15) is 0 Å². The van der Waals surface area contributed by atoms with Crippen LogP contribution in [0.15, 0.2) is 303 Å². The molecule has 464 valence electrons. The number of aromatic nitrogens is 2. The van der Waals surface area contributed by atoms with E-state index >= 15 is 0 Å². The highest BCUT2D eigenvalue weighted by Gasteiger charge is 2.23. The molecule has 0 unspecified atom stereocenters. The molecule has 96 heavy (non-hydrogen) atoms. The monoisotopic (exact) mass is 1230 g/mol. The Morgan fingerprint density at radius 3 is 0.688 bits per heavy atom. The molecule has 0 aliphatic rings. The Hall–Kier alpha value is -11.1. The van der Waals surface area contributed by atoms with E-state index in [0.29, 0.717) is 0 Å². The zero-order chi connectivity index (χ0) is 65.4. The topological polar surface area (TPSA) is 9.86 Å². The van der Waals surface area contributed by atoms with Crippen LogP contribution in [0.5, 0.6) is 0 Å². The van der Waals surface area contributed by atoms with Gasteiger partial charge in [-0.25, -0.2) is 0 Å². The largest absolute Gasteiger partial charge is 0.341 e. The third-order valence-corrected chi connectivity index (χ3v) is 20.3. The second-order valence-corrected chi connectivity index (χ2v) is 28.1. The summed E-state index contributed by atoms with van der Waals surface area (Å²) in [6.45, 7) is 20.1. The minimum Gasteiger partial charge on any atom is -0.341 e. The Morgan fingerprint density at radius 2 is 0.406 bits per heavy atom. The van der Waals surface area contributed by atoms with Crippen molar-refractivity contribution in [3.8, 4) is 77.9 Å². The van der Waals surface area contributed by atoms with Crippen molar-refractivity contribution in [2.75, 3.05) is 0 Å². The summed E-state index contributed by atoms with van der Waals surface area (Å²) in [6, 6.07) is 113. The van der Waals surface area contributed by atoms with Gasteiger partial charge in [0.1, 0.15) is 0 Å². The maximum atomic E-state index is 2.45. The van der Waals surface area contributed by atoms with Crippen LogP contribution in [-0.2, 0) is 23.9 Å². The predicted molar refractivity (Wildman–Crippen MR) is 416 cm³/mol. The fourth-order valence-electron chi connectivity index (χ4n) is 15.4. The van der Waals surface area contributed by atoms with E-state index in [1.807, 2.05) is 0 Å². The molecule has 17 aromatic rings. The molecule has 0 amide bonds. The molecule has 0 fully saturated rings. The molecule has 15 aromatic carbocycles. The van der Waals surface area contributed by atoms with E-state index in [4.69, 9.17) is 0 Å². The van der Waals surface area contributed by atoms with Crippen molar-refractivity contribution in [3.05, 3.63) is 314 Å². The van der Waals surface area contributed by atoms with Gasteiger partial charge >= 0.3 is 0 Å². The Balaban J connectivity index is 0.000000152. The van der Waals surface area contributed by atoms with Crippen LogP contribution in [0.25, 0.3) is 165 Å². The van der Waals surface area contributed by atoms with E-state index in [1.54, 1.807) is 0 Å². The minimum atomic E-state index is 0.0990. The quantitative estimate of drug-likeness (QED) is 0.128. The Labute approximate surface area is 564 Å². The smallest absolute Gasteiger partial charge is 0.0491 e. The average molecular weight is 1240 g/mol. The van der Waals surface area contributed by atoms with Gasteiger partial charge in [0, 0.05) is 56.7 Å². The molecule has 0 saturated heterocycles. The third kappa shape index (κ3) is 10.4. The van der Waals surface area contributed by atoms with Gasteiger partial charge in [-0.2, -0.15) is 0 Å². The van der Waals surface area contributed by atoms with E-state index in [0.717, 1.165) is 13.1 Å². The van der Waals surface area contributed by atoms with Crippen LogP contribution < -0.4 is 0 Å². The van der Waals surface area contributed by atoms with Gasteiger partial charge < -0.3 is 9.13 Å². The molecule has 17 rings (SSSR count). The van der Waals surface area contributed by atoms with Gasteiger partial charge in [-0.05, 0) is 205 Å². The summed E-state index contributed by atoms with van der Waals surface area (Å²) in [5.41, 5.74) is 25.7. The second kappa shape index (κ2) is 24.1. The molecule has 0 spiro atoms. The molecule has 0 saturated carbocycles. The normalized spacial score (nSPS) is 12.0. The molecule has 2 heterocycles. The lowest BCUT2D eigenvalue weighted by molar-refractivity contribution is 0.591. The molecule has 2 nitrogen and oxygen atoms in total. The fourth-order valence-corrected chi connectivity index (χ4v) is 15.4. The summed E-state index contributed by atoms with van der Waals surface area (Å²) in [4.78, 5) is 0. The number of benzene rings is 15. The number of nitrogens with zero attached hydrogens (tertiary/aromatic N) is 2. The molecule has 0 N–H and O–H groups in total. The van der Waals surface area contributed by atoms with Crippen LogP contribution in [-0.4, -0.2) is 9.13 Å². The van der Waals surface area contributed by atoms with Gasteiger partial charge in [-0.1, -0.05) is 296 Å². The predicted octanol–water partition coefficient (Wildman–Crippen LogP) is 26.5. The molecule has 2 aromatic heterocycles. The average Bonchev–Trinajstić information content (AvgIpc) is 0.967. The molecule has 0 aliphatic heterocycles. The van der Waals surface area contributed by atoms with Crippen molar-refractivity contribution < 1.29 is 0 Å².